The second-order valence-electron chi connectivity index (χ2n) is 8.90. The Kier molecular flexibility index (Phi) is 7.53. The minimum Gasteiger partial charge on any atom is -0.326 e. The van der Waals surface area contributed by atoms with E-state index in [9.17, 15) is 14.4 Å². The normalized spacial score (nSPS) is 12.5. The first-order chi connectivity index (χ1) is 19.4. The molecule has 1 fully saturated rings. The SMILES string of the molecule is CC.CCc1nc2ccc(-c3cnc(N4CC(=O)C4)nc3)cn2c1N(C)c1nc(-c2ccc(F)cc2)c(C#N)s1. The van der Waals surface area contributed by atoms with Crippen LogP contribution >= 0.6 is 11.3 Å². The first-order valence-corrected chi connectivity index (χ1v) is 13.8. The van der Waals surface area contributed by atoms with Gasteiger partial charge in [0.2, 0.25) is 5.95 Å². The third-order valence-electron chi connectivity index (χ3n) is 6.43. The molecule has 1 aliphatic heterocycles. The number of ketones is 1. The Hall–Kier alpha value is -4.69. The molecule has 9 nitrogen and oxygen atoms in total. The number of aryl methyl sites for hydroxylation is 1. The number of hydrogen-bond donors (Lipinski definition) is 0. The molecule has 6 rings (SSSR count). The van der Waals surface area contributed by atoms with Crippen LogP contribution < -0.4 is 9.80 Å². The standard InChI is InChI=1S/C27H21FN8OS.C2H6/c1-3-21-25(34(2)27-33-24(22(10-29)38-27)16-4-7-19(28)8-5-16)36-13-17(6-9-23(36)32-21)18-11-30-26(31-12-18)35-14-20(37)15-35;1-2/h4-9,11-13H,3,14-15H2,1-2H3;1-2H3. The van der Waals surface area contributed by atoms with Gasteiger partial charge in [-0.2, -0.15) is 5.26 Å². The van der Waals surface area contributed by atoms with E-state index in [0.29, 0.717) is 46.7 Å². The summed E-state index contributed by atoms with van der Waals surface area (Å²) in [6.07, 6.45) is 6.19. The molecule has 0 bridgehead atoms. The largest absolute Gasteiger partial charge is 0.326 e. The van der Waals surface area contributed by atoms with E-state index in [4.69, 9.17) is 9.97 Å². The molecule has 0 atom stereocenters. The number of Topliss-reactive ketones (excluding diaryl/α,β-unsaturated/α-hetero) is 1. The first-order valence-electron chi connectivity index (χ1n) is 13.0. The van der Waals surface area contributed by atoms with Crippen molar-refractivity contribution in [3.8, 4) is 28.5 Å². The minimum absolute atomic E-state index is 0.179. The van der Waals surface area contributed by atoms with Gasteiger partial charge in [-0.3, -0.25) is 9.20 Å². The zero-order valence-electron chi connectivity index (χ0n) is 22.6. The number of nitrogens with zero attached hydrogens (tertiary/aromatic N) is 8. The van der Waals surface area contributed by atoms with Crippen LogP contribution in [-0.2, 0) is 11.2 Å². The average Bonchev–Trinajstić information content (AvgIpc) is 3.58. The lowest BCUT2D eigenvalue weighted by Crippen LogP contribution is -2.48. The van der Waals surface area contributed by atoms with E-state index < -0.39 is 0 Å². The lowest BCUT2D eigenvalue weighted by atomic mass is 10.1. The van der Waals surface area contributed by atoms with Gasteiger partial charge in [-0.25, -0.2) is 24.3 Å². The highest BCUT2D eigenvalue weighted by molar-refractivity contribution is 7.16. The molecule has 40 heavy (non-hydrogen) atoms. The maximum absolute atomic E-state index is 13.5. The molecule has 1 saturated heterocycles. The van der Waals surface area contributed by atoms with E-state index in [0.717, 1.165) is 28.3 Å². The van der Waals surface area contributed by atoms with Crippen LogP contribution in [0.15, 0.2) is 55.0 Å². The van der Waals surface area contributed by atoms with Gasteiger partial charge in [0.25, 0.3) is 0 Å². The number of benzene rings is 1. The van der Waals surface area contributed by atoms with Crippen molar-refractivity contribution in [3.63, 3.8) is 0 Å². The number of carbonyl (C=O) groups is 1. The van der Waals surface area contributed by atoms with Gasteiger partial charge in [0, 0.05) is 42.3 Å². The number of carbonyl (C=O) groups excluding carboxylic acids is 1. The quantitative estimate of drug-likeness (QED) is 0.264. The second kappa shape index (κ2) is 11.2. The Balaban J connectivity index is 0.00000158. The van der Waals surface area contributed by atoms with Crippen molar-refractivity contribution in [1.29, 1.82) is 5.26 Å². The lowest BCUT2D eigenvalue weighted by molar-refractivity contribution is -0.119. The summed E-state index contributed by atoms with van der Waals surface area (Å²) >= 11 is 1.28. The van der Waals surface area contributed by atoms with E-state index in [1.165, 1.54) is 23.5 Å². The number of nitriles is 1. The predicted molar refractivity (Wildman–Crippen MR) is 154 cm³/mol. The van der Waals surface area contributed by atoms with E-state index in [-0.39, 0.29) is 11.6 Å². The number of imidazole rings is 1. The molecule has 0 saturated carbocycles. The summed E-state index contributed by atoms with van der Waals surface area (Å²) in [6, 6.07) is 12.1. The molecule has 5 aromatic rings. The molecule has 0 aliphatic carbocycles. The van der Waals surface area contributed by atoms with Crippen LogP contribution in [0, 0.1) is 17.1 Å². The summed E-state index contributed by atoms with van der Waals surface area (Å²) in [5.41, 5.74) is 4.61. The second-order valence-corrected chi connectivity index (χ2v) is 9.88. The molecular formula is C29H27FN8OS. The molecule has 0 amide bonds. The van der Waals surface area contributed by atoms with Gasteiger partial charge in [0.05, 0.1) is 18.8 Å². The zero-order valence-corrected chi connectivity index (χ0v) is 23.4. The number of pyridine rings is 1. The van der Waals surface area contributed by atoms with Gasteiger partial charge in [0.1, 0.15) is 33.9 Å². The predicted octanol–water partition coefficient (Wildman–Crippen LogP) is 5.67. The molecule has 0 unspecified atom stereocenters. The van der Waals surface area contributed by atoms with Gasteiger partial charge in [0.15, 0.2) is 10.9 Å². The first kappa shape index (κ1) is 26.9. The Morgan fingerprint density at radius 1 is 1.02 bits per heavy atom. The van der Waals surface area contributed by atoms with Crippen LogP contribution in [0.5, 0.6) is 0 Å². The number of hydrogen-bond acceptors (Lipinski definition) is 9. The van der Waals surface area contributed by atoms with Crippen molar-refractivity contribution in [1.82, 2.24) is 24.3 Å². The zero-order chi connectivity index (χ0) is 28.4. The summed E-state index contributed by atoms with van der Waals surface area (Å²) in [5, 5.41) is 10.4. The van der Waals surface area contributed by atoms with Gasteiger partial charge in [-0.1, -0.05) is 32.1 Å². The van der Waals surface area contributed by atoms with Gasteiger partial charge in [-0.05, 0) is 42.8 Å². The molecular weight excluding hydrogens is 527 g/mol. The summed E-state index contributed by atoms with van der Waals surface area (Å²) in [7, 11) is 1.90. The van der Waals surface area contributed by atoms with E-state index >= 15 is 0 Å². The fraction of sp³-hybridized carbons (Fsp3) is 0.241. The number of anilines is 3. The fourth-order valence-corrected chi connectivity index (χ4v) is 5.27. The third-order valence-corrected chi connectivity index (χ3v) is 7.46. The summed E-state index contributed by atoms with van der Waals surface area (Å²) < 4.78 is 15.5. The number of thiazole rings is 1. The number of rotatable bonds is 6. The van der Waals surface area contributed by atoms with Crippen molar-refractivity contribution >= 4 is 39.7 Å². The van der Waals surface area contributed by atoms with E-state index in [1.807, 2.05) is 60.3 Å². The van der Waals surface area contributed by atoms with Crippen molar-refractivity contribution in [2.24, 2.45) is 0 Å². The van der Waals surface area contributed by atoms with Crippen LogP contribution in [-0.4, -0.2) is 50.3 Å². The van der Waals surface area contributed by atoms with Gasteiger partial charge >= 0.3 is 0 Å². The summed E-state index contributed by atoms with van der Waals surface area (Å²) in [6.45, 7) is 6.74. The van der Waals surface area contributed by atoms with Crippen LogP contribution in [0.2, 0.25) is 0 Å². The average molecular weight is 555 g/mol. The topological polar surface area (TPSA) is 103 Å². The molecule has 4 aromatic heterocycles. The molecule has 1 aliphatic rings. The van der Waals surface area contributed by atoms with Gasteiger partial charge in [-0.15, -0.1) is 0 Å². The number of aromatic nitrogens is 5. The van der Waals surface area contributed by atoms with Crippen molar-refractivity contribution in [2.75, 3.05) is 29.9 Å². The van der Waals surface area contributed by atoms with Gasteiger partial charge < -0.3 is 9.80 Å². The van der Waals surface area contributed by atoms with E-state index in [1.54, 1.807) is 24.5 Å². The maximum atomic E-state index is 13.5. The highest BCUT2D eigenvalue weighted by Gasteiger charge is 2.26. The molecule has 5 heterocycles. The molecule has 202 valence electrons. The van der Waals surface area contributed by atoms with Crippen LogP contribution in [0.3, 0.4) is 0 Å². The molecule has 0 radical (unpaired) electrons. The number of halogens is 1. The van der Waals surface area contributed by atoms with E-state index in [2.05, 4.69) is 16.0 Å². The third kappa shape index (κ3) is 4.89. The Bertz CT molecular complexity index is 1710. The summed E-state index contributed by atoms with van der Waals surface area (Å²) in [5.74, 6) is 1.22. The summed E-state index contributed by atoms with van der Waals surface area (Å²) in [4.78, 5) is 33.9. The number of fused-ring (bicyclic) bond motifs is 1. The van der Waals surface area contributed by atoms with Crippen molar-refractivity contribution in [3.05, 3.63) is 71.4 Å². The highest BCUT2D eigenvalue weighted by Crippen LogP contribution is 2.37. The fourth-order valence-electron chi connectivity index (χ4n) is 4.42. The molecule has 1 aromatic carbocycles. The Labute approximate surface area is 235 Å². The molecule has 0 spiro atoms. The smallest absolute Gasteiger partial charge is 0.226 e. The van der Waals surface area contributed by atoms with Crippen molar-refractivity contribution < 1.29 is 9.18 Å². The van der Waals surface area contributed by atoms with Crippen LogP contribution in [0.25, 0.3) is 28.0 Å². The van der Waals surface area contributed by atoms with Crippen LogP contribution in [0.4, 0.5) is 21.3 Å². The Morgan fingerprint density at radius 2 is 1.70 bits per heavy atom. The molecule has 11 heteroatoms. The lowest BCUT2D eigenvalue weighted by Gasteiger charge is -2.28. The molecule has 0 N–H and O–H groups in total. The van der Waals surface area contributed by atoms with Crippen molar-refractivity contribution in [2.45, 2.75) is 27.2 Å². The maximum Gasteiger partial charge on any atom is 0.226 e. The van der Waals surface area contributed by atoms with Crippen LogP contribution in [0.1, 0.15) is 31.3 Å². The highest BCUT2D eigenvalue weighted by atomic mass is 32.1. The monoisotopic (exact) mass is 554 g/mol. The Morgan fingerprint density at radius 3 is 2.33 bits per heavy atom. The minimum atomic E-state index is -0.343.